The van der Waals surface area contributed by atoms with Crippen LogP contribution in [0.1, 0.15) is 33.4 Å². The zero-order chi connectivity index (χ0) is 30.0. The van der Waals surface area contributed by atoms with Gasteiger partial charge in [-0.2, -0.15) is 22.8 Å². The summed E-state index contributed by atoms with van der Waals surface area (Å²) in [5, 5.41) is 4.26. The van der Waals surface area contributed by atoms with Crippen molar-refractivity contribution in [3.63, 3.8) is 0 Å². The van der Waals surface area contributed by atoms with Gasteiger partial charge in [0.15, 0.2) is 5.82 Å². The molecule has 0 aliphatic carbocycles. The van der Waals surface area contributed by atoms with Crippen LogP contribution < -0.4 is 4.90 Å². The van der Waals surface area contributed by atoms with Crippen molar-refractivity contribution >= 4 is 40.7 Å². The van der Waals surface area contributed by atoms with Gasteiger partial charge in [-0.3, -0.25) is 14.5 Å². The number of alkyl halides is 3. The van der Waals surface area contributed by atoms with E-state index in [1.54, 1.807) is 29.0 Å². The fourth-order valence-corrected chi connectivity index (χ4v) is 6.40. The molecule has 3 aromatic rings. The van der Waals surface area contributed by atoms with E-state index in [1.807, 2.05) is 0 Å². The van der Waals surface area contributed by atoms with E-state index >= 15 is 0 Å². The second-order valence-electron chi connectivity index (χ2n) is 10.3. The fraction of sp³-hybridized carbons (Fsp3) is 0.481. The molecule has 2 aliphatic heterocycles. The minimum Gasteiger partial charge on any atom is -0.378 e. The first-order valence-electron chi connectivity index (χ1n) is 13.4. The summed E-state index contributed by atoms with van der Waals surface area (Å²) in [6, 6.07) is 8.82. The number of morpholine rings is 1. The topological polar surface area (TPSA) is 83.8 Å². The number of hydrogen-bond donors (Lipinski definition) is 0. The number of thiophene rings is 1. The summed E-state index contributed by atoms with van der Waals surface area (Å²) >= 11 is 7.36. The van der Waals surface area contributed by atoms with Crippen LogP contribution in [-0.4, -0.2) is 95.5 Å². The minimum atomic E-state index is -4.62. The van der Waals surface area contributed by atoms with Crippen molar-refractivity contribution in [2.45, 2.75) is 25.1 Å². The van der Waals surface area contributed by atoms with Gasteiger partial charge in [-0.1, -0.05) is 23.7 Å². The number of aromatic nitrogens is 3. The molecule has 2 aromatic heterocycles. The Morgan fingerprint density at radius 2 is 1.88 bits per heavy atom. The van der Waals surface area contributed by atoms with E-state index in [0.717, 1.165) is 15.6 Å². The number of carbonyl (C=O) groups is 2. The van der Waals surface area contributed by atoms with Crippen LogP contribution in [0, 0.1) is 11.7 Å². The van der Waals surface area contributed by atoms with Crippen LogP contribution in [0.5, 0.6) is 0 Å². The number of likely N-dealkylation sites (tertiary alicyclic amines) is 1. The number of rotatable bonds is 7. The average Bonchev–Trinajstić information content (AvgIpc) is 3.59. The first kappa shape index (κ1) is 30.4. The van der Waals surface area contributed by atoms with Gasteiger partial charge in [0, 0.05) is 37.5 Å². The van der Waals surface area contributed by atoms with Gasteiger partial charge in [0.1, 0.15) is 5.82 Å². The Labute approximate surface area is 248 Å². The summed E-state index contributed by atoms with van der Waals surface area (Å²) in [5.41, 5.74) is -0.286. The largest absolute Gasteiger partial charge is 0.393 e. The molecule has 1 aromatic carbocycles. The summed E-state index contributed by atoms with van der Waals surface area (Å²) in [7, 11) is 1.62. The highest BCUT2D eigenvalue weighted by atomic mass is 35.5. The second-order valence-corrected chi connectivity index (χ2v) is 12.1. The summed E-state index contributed by atoms with van der Waals surface area (Å²) in [6.07, 6.45) is -4.60. The highest BCUT2D eigenvalue weighted by molar-refractivity contribution is 7.16. The van der Waals surface area contributed by atoms with Crippen molar-refractivity contribution in [2.24, 2.45) is 5.92 Å². The van der Waals surface area contributed by atoms with Crippen LogP contribution in [-0.2, 0) is 16.1 Å². The zero-order valence-corrected chi connectivity index (χ0v) is 24.3. The number of piperidine rings is 1. The third kappa shape index (κ3) is 6.77. The van der Waals surface area contributed by atoms with Crippen LogP contribution in [0.15, 0.2) is 36.4 Å². The Balaban J connectivity index is 1.43. The number of anilines is 1. The normalized spacial score (nSPS) is 20.1. The van der Waals surface area contributed by atoms with Gasteiger partial charge in [-0.05, 0) is 37.2 Å². The maximum absolute atomic E-state index is 14.6. The van der Waals surface area contributed by atoms with E-state index in [2.05, 4.69) is 10.1 Å². The number of hydrogen-bond acceptors (Lipinski definition) is 8. The lowest BCUT2D eigenvalue weighted by atomic mass is 9.84. The molecule has 0 bridgehead atoms. The molecule has 15 heteroatoms. The summed E-state index contributed by atoms with van der Waals surface area (Å²) in [5.74, 6) is -5.11. The highest BCUT2D eigenvalue weighted by Crippen LogP contribution is 2.42. The Bertz CT molecular complexity index is 1430. The molecule has 1 amide bonds. The van der Waals surface area contributed by atoms with Crippen LogP contribution in [0.3, 0.4) is 0 Å². The molecule has 42 heavy (non-hydrogen) atoms. The maximum atomic E-state index is 14.6. The molecule has 2 atom stereocenters. The van der Waals surface area contributed by atoms with E-state index in [1.165, 1.54) is 34.4 Å². The van der Waals surface area contributed by atoms with E-state index in [-0.39, 0.29) is 49.3 Å². The molecule has 9 nitrogen and oxygen atoms in total. The highest BCUT2D eigenvalue weighted by Gasteiger charge is 2.50. The van der Waals surface area contributed by atoms with E-state index in [0.29, 0.717) is 30.6 Å². The van der Waals surface area contributed by atoms with Gasteiger partial charge in [-0.25, -0.2) is 4.39 Å². The second kappa shape index (κ2) is 12.7. The molecule has 2 fully saturated rings. The Kier molecular flexibility index (Phi) is 9.16. The standard InChI is InChI=1S/C27H29ClF4N6O3S/c1-35(14-17-6-7-22(28)42-17)26-33-24(34-38(26)25(40)19-4-2-3-5-21(19)29)18-8-9-36(15-20(18)27(30,31)32)16-23(39)37-10-12-41-13-11-37/h2-7,18,20H,8-16H2,1H3. The molecule has 0 N–H and O–H groups in total. The molecular formula is C27H29ClF4N6O3S. The Morgan fingerprint density at radius 3 is 2.55 bits per heavy atom. The van der Waals surface area contributed by atoms with Crippen molar-refractivity contribution in [3.05, 3.63) is 62.8 Å². The molecule has 5 rings (SSSR count). The van der Waals surface area contributed by atoms with Crippen molar-refractivity contribution < 1.29 is 31.9 Å². The molecule has 226 valence electrons. The van der Waals surface area contributed by atoms with Gasteiger partial charge < -0.3 is 14.5 Å². The van der Waals surface area contributed by atoms with Crippen LogP contribution >= 0.6 is 22.9 Å². The summed E-state index contributed by atoms with van der Waals surface area (Å²) in [4.78, 5) is 36.1. The SMILES string of the molecule is CN(Cc1ccc(Cl)s1)c1nc(C2CCN(CC(=O)N3CCOCC3)CC2C(F)(F)F)nn1C(=O)c1ccccc1F. The average molecular weight is 629 g/mol. The van der Waals surface area contributed by atoms with Crippen molar-refractivity contribution in [1.29, 1.82) is 0 Å². The third-order valence-electron chi connectivity index (χ3n) is 7.44. The van der Waals surface area contributed by atoms with Crippen LogP contribution in [0.25, 0.3) is 0 Å². The lowest BCUT2D eigenvalue weighted by Gasteiger charge is -2.39. The van der Waals surface area contributed by atoms with Crippen LogP contribution in [0.4, 0.5) is 23.5 Å². The molecule has 2 unspecified atom stereocenters. The number of ether oxygens (including phenoxy) is 1. The van der Waals surface area contributed by atoms with E-state index in [9.17, 15) is 27.2 Å². The first-order valence-corrected chi connectivity index (χ1v) is 14.6. The lowest BCUT2D eigenvalue weighted by Crippen LogP contribution is -2.51. The number of halogens is 5. The molecule has 0 spiro atoms. The van der Waals surface area contributed by atoms with Crippen molar-refractivity contribution in [1.82, 2.24) is 24.6 Å². The number of nitrogens with zero attached hydrogens (tertiary/aromatic N) is 6. The van der Waals surface area contributed by atoms with Gasteiger partial charge in [0.05, 0.1) is 42.1 Å². The number of benzene rings is 1. The zero-order valence-electron chi connectivity index (χ0n) is 22.7. The van der Waals surface area contributed by atoms with E-state index < -0.39 is 36.3 Å². The van der Waals surface area contributed by atoms with Crippen molar-refractivity contribution in [3.8, 4) is 0 Å². The fourth-order valence-electron chi connectivity index (χ4n) is 5.26. The predicted octanol–water partition coefficient (Wildman–Crippen LogP) is 4.28. The monoisotopic (exact) mass is 628 g/mol. The molecule has 2 saturated heterocycles. The Hall–Kier alpha value is -3.07. The van der Waals surface area contributed by atoms with Gasteiger partial charge >= 0.3 is 6.18 Å². The predicted molar refractivity (Wildman–Crippen MR) is 148 cm³/mol. The van der Waals surface area contributed by atoms with Gasteiger partial charge in [0.25, 0.3) is 5.91 Å². The van der Waals surface area contributed by atoms with Crippen LogP contribution in [0.2, 0.25) is 4.34 Å². The quantitative estimate of drug-likeness (QED) is 0.361. The first-order chi connectivity index (χ1) is 20.0. The Morgan fingerprint density at radius 1 is 1.14 bits per heavy atom. The number of amides is 1. The smallest absolute Gasteiger partial charge is 0.378 e. The molecule has 2 aliphatic rings. The lowest BCUT2D eigenvalue weighted by molar-refractivity contribution is -0.193. The third-order valence-corrected chi connectivity index (χ3v) is 8.65. The molecule has 0 radical (unpaired) electrons. The minimum absolute atomic E-state index is 0.0160. The van der Waals surface area contributed by atoms with Gasteiger partial charge in [0.2, 0.25) is 11.9 Å². The maximum Gasteiger partial charge on any atom is 0.393 e. The molecule has 4 heterocycles. The molecular weight excluding hydrogens is 600 g/mol. The van der Waals surface area contributed by atoms with E-state index in [4.69, 9.17) is 16.3 Å². The molecule has 0 saturated carbocycles. The summed E-state index contributed by atoms with van der Waals surface area (Å²) < 4.78 is 64.5. The summed E-state index contributed by atoms with van der Waals surface area (Å²) in [6.45, 7) is 1.51. The van der Waals surface area contributed by atoms with Crippen molar-refractivity contribution in [2.75, 3.05) is 57.9 Å². The number of carbonyl (C=O) groups excluding carboxylic acids is 2. The van der Waals surface area contributed by atoms with Gasteiger partial charge in [-0.15, -0.1) is 16.4 Å².